The maximum Gasteiger partial charge on any atom is 0.125 e. The summed E-state index contributed by atoms with van der Waals surface area (Å²) in [7, 11) is -1.07. The Hall–Kier alpha value is -1.57. The molecule has 3 atom stereocenters. The quantitative estimate of drug-likeness (QED) is 0.578. The number of amidine groups is 1. The highest BCUT2D eigenvalue weighted by Gasteiger charge is 2.29. The molecule has 2 aliphatic rings. The van der Waals surface area contributed by atoms with Crippen LogP contribution in [0.1, 0.15) is 50.0 Å². The first kappa shape index (κ1) is 20.2. The van der Waals surface area contributed by atoms with Crippen LogP contribution in [0.15, 0.2) is 40.3 Å². The van der Waals surface area contributed by atoms with E-state index in [1.165, 1.54) is 11.9 Å². The Morgan fingerprint density at radius 2 is 2.00 bits per heavy atom. The van der Waals surface area contributed by atoms with Crippen LogP contribution in [-0.2, 0) is 15.7 Å². The van der Waals surface area contributed by atoms with Crippen molar-refractivity contribution in [3.8, 4) is 0 Å². The summed E-state index contributed by atoms with van der Waals surface area (Å²) in [6, 6.07) is 10.7. The van der Waals surface area contributed by atoms with Crippen molar-refractivity contribution in [2.45, 2.75) is 62.6 Å². The van der Waals surface area contributed by atoms with Gasteiger partial charge in [-0.25, -0.2) is 13.9 Å². The van der Waals surface area contributed by atoms with Crippen molar-refractivity contribution < 1.29 is 8.95 Å². The molecule has 148 valence electrons. The van der Waals surface area contributed by atoms with Gasteiger partial charge in [-0.05, 0) is 43.6 Å². The Morgan fingerprint density at radius 3 is 2.67 bits per heavy atom. The molecule has 0 aromatic heterocycles. The summed E-state index contributed by atoms with van der Waals surface area (Å²) in [4.78, 5) is 8.80. The van der Waals surface area contributed by atoms with Crippen LogP contribution in [0.5, 0.6) is 0 Å². The van der Waals surface area contributed by atoms with E-state index in [4.69, 9.17) is 10.5 Å². The van der Waals surface area contributed by atoms with Crippen LogP contribution in [-0.4, -0.2) is 47.4 Å². The van der Waals surface area contributed by atoms with Crippen LogP contribution in [0.3, 0.4) is 0 Å². The van der Waals surface area contributed by atoms with Crippen molar-refractivity contribution in [3.63, 3.8) is 0 Å². The predicted octanol–water partition coefficient (Wildman–Crippen LogP) is 2.53. The van der Waals surface area contributed by atoms with Gasteiger partial charge in [-0.1, -0.05) is 30.3 Å². The first-order valence-corrected chi connectivity index (χ1v) is 11.3. The molecule has 7 heteroatoms. The average Bonchev–Trinajstić information content (AvgIpc) is 2.69. The Bertz CT molecular complexity index is 672. The van der Waals surface area contributed by atoms with Gasteiger partial charge >= 0.3 is 0 Å². The number of nitrogens with zero attached hydrogens (tertiary/aromatic N) is 2. The lowest BCUT2D eigenvalue weighted by Crippen LogP contribution is -2.45. The van der Waals surface area contributed by atoms with E-state index in [0.717, 1.165) is 44.4 Å². The monoisotopic (exact) mass is 390 g/mol. The molecule has 0 bridgehead atoms. The van der Waals surface area contributed by atoms with Crippen molar-refractivity contribution >= 4 is 23.2 Å². The molecule has 6 nitrogen and oxygen atoms in total. The molecule has 0 radical (unpaired) electrons. The van der Waals surface area contributed by atoms with Gasteiger partial charge in [0.25, 0.3) is 0 Å². The molecular formula is C20H30N4O2S. The minimum atomic E-state index is -1.07. The molecule has 0 spiro atoms. The van der Waals surface area contributed by atoms with Crippen molar-refractivity contribution in [2.75, 3.05) is 12.9 Å². The number of hydrogen-bond donors (Lipinski definition) is 2. The molecule has 1 heterocycles. The van der Waals surface area contributed by atoms with Gasteiger partial charge < -0.3 is 10.5 Å². The van der Waals surface area contributed by atoms with Crippen molar-refractivity contribution in [1.29, 1.82) is 0 Å². The van der Waals surface area contributed by atoms with E-state index in [1.807, 2.05) is 0 Å². The molecule has 27 heavy (non-hydrogen) atoms. The molecule has 1 aliphatic carbocycles. The Morgan fingerprint density at radius 1 is 1.26 bits per heavy atom. The Balaban J connectivity index is 1.52. The summed E-state index contributed by atoms with van der Waals surface area (Å²) in [6.07, 6.45) is 9.25. The topological polar surface area (TPSA) is 89.1 Å². The molecule has 0 saturated heterocycles. The molecule has 3 unspecified atom stereocenters. The molecule has 0 amide bonds. The number of aliphatic imine (C=N–C) groups is 2. The van der Waals surface area contributed by atoms with Crippen LogP contribution in [0.2, 0.25) is 0 Å². The average molecular weight is 391 g/mol. The molecule has 1 saturated carbocycles. The van der Waals surface area contributed by atoms with E-state index in [0.29, 0.717) is 12.5 Å². The molecule has 3 N–H and O–H groups in total. The highest BCUT2D eigenvalue weighted by molar-refractivity contribution is 7.82. The standard InChI is InChI=1S/C20H30N4O2S/c1-27(25)24-18-11-12-20(22-14-21)23-19(18)13-26-17-9-7-16(8-10-17)15-5-3-2-4-6-15/h2-6,14,16-19,24H,7-13H2,1H3,(H2,21,22,23). The number of hydrogen-bond acceptors (Lipinski definition) is 4. The highest BCUT2D eigenvalue weighted by atomic mass is 32.2. The Labute approximate surface area is 164 Å². The van der Waals surface area contributed by atoms with Crippen LogP contribution in [0, 0.1) is 0 Å². The first-order valence-electron chi connectivity index (χ1n) is 9.72. The van der Waals surface area contributed by atoms with Gasteiger partial charge in [-0.15, -0.1) is 0 Å². The smallest absolute Gasteiger partial charge is 0.125 e. The van der Waals surface area contributed by atoms with Gasteiger partial charge in [-0.2, -0.15) is 0 Å². The second-order valence-electron chi connectivity index (χ2n) is 7.33. The van der Waals surface area contributed by atoms with Gasteiger partial charge in [0.15, 0.2) is 0 Å². The second-order valence-corrected chi connectivity index (χ2v) is 8.47. The van der Waals surface area contributed by atoms with E-state index in [-0.39, 0.29) is 18.2 Å². The zero-order valence-corrected chi connectivity index (χ0v) is 16.7. The summed E-state index contributed by atoms with van der Waals surface area (Å²) in [6.45, 7) is 0.527. The second kappa shape index (κ2) is 10.1. The maximum absolute atomic E-state index is 11.6. The summed E-state index contributed by atoms with van der Waals surface area (Å²) in [5.74, 6) is 1.39. The fourth-order valence-corrected chi connectivity index (χ4v) is 4.73. The summed E-state index contributed by atoms with van der Waals surface area (Å²) in [5.41, 5.74) is 6.84. The lowest BCUT2D eigenvalue weighted by atomic mass is 9.83. The third-order valence-electron chi connectivity index (χ3n) is 5.45. The van der Waals surface area contributed by atoms with Gasteiger partial charge in [0.1, 0.15) is 5.84 Å². The SMILES string of the molecule is CS(=O)NC1CCC(N=CN)=NC1COC1CCC(c2ccccc2)CC1. The maximum atomic E-state index is 11.6. The van der Waals surface area contributed by atoms with Crippen molar-refractivity contribution in [3.05, 3.63) is 35.9 Å². The highest BCUT2D eigenvalue weighted by Crippen LogP contribution is 2.34. The molecule has 1 aromatic carbocycles. The zero-order valence-electron chi connectivity index (χ0n) is 15.9. The number of benzene rings is 1. The van der Waals surface area contributed by atoms with Gasteiger partial charge in [0.05, 0.1) is 36.1 Å². The number of ether oxygens (including phenoxy) is 1. The molecule has 1 fully saturated rings. The van der Waals surface area contributed by atoms with E-state index in [9.17, 15) is 4.21 Å². The van der Waals surface area contributed by atoms with E-state index in [1.54, 1.807) is 6.26 Å². The van der Waals surface area contributed by atoms with Crippen molar-refractivity contribution in [1.82, 2.24) is 4.72 Å². The Kier molecular flexibility index (Phi) is 7.55. The predicted molar refractivity (Wildman–Crippen MR) is 112 cm³/mol. The number of rotatable bonds is 6. The van der Waals surface area contributed by atoms with Crippen LogP contribution < -0.4 is 10.5 Å². The van der Waals surface area contributed by atoms with E-state index in [2.05, 4.69) is 45.0 Å². The lowest BCUT2D eigenvalue weighted by molar-refractivity contribution is 0.0132. The minimum Gasteiger partial charge on any atom is -0.390 e. The first-order chi connectivity index (χ1) is 13.2. The third-order valence-corrected chi connectivity index (χ3v) is 6.08. The van der Waals surface area contributed by atoms with Crippen molar-refractivity contribution in [2.24, 2.45) is 15.7 Å². The largest absolute Gasteiger partial charge is 0.390 e. The molecule has 3 rings (SSSR count). The van der Waals surface area contributed by atoms with E-state index >= 15 is 0 Å². The zero-order chi connectivity index (χ0) is 19.1. The number of nitrogens with two attached hydrogens (primary N) is 1. The fourth-order valence-electron chi connectivity index (χ4n) is 4.03. The van der Waals surface area contributed by atoms with E-state index < -0.39 is 11.0 Å². The summed E-state index contributed by atoms with van der Waals surface area (Å²) >= 11 is 0. The fraction of sp³-hybridized carbons (Fsp3) is 0.600. The molecule has 1 aromatic rings. The van der Waals surface area contributed by atoms with Gasteiger partial charge in [0.2, 0.25) is 0 Å². The molecular weight excluding hydrogens is 360 g/mol. The molecule has 1 aliphatic heterocycles. The minimum absolute atomic E-state index is 0.0493. The van der Waals surface area contributed by atoms with Crippen LogP contribution in [0.4, 0.5) is 0 Å². The lowest BCUT2D eigenvalue weighted by Gasteiger charge is -2.32. The summed E-state index contributed by atoms with van der Waals surface area (Å²) < 4.78 is 20.9. The van der Waals surface area contributed by atoms with Crippen LogP contribution in [0.25, 0.3) is 0 Å². The number of nitrogens with one attached hydrogen (secondary N) is 1. The third kappa shape index (κ3) is 5.96. The normalized spacial score (nSPS) is 30.2. The van der Waals surface area contributed by atoms with Gasteiger partial charge in [0, 0.05) is 18.7 Å². The van der Waals surface area contributed by atoms with Gasteiger partial charge in [-0.3, -0.25) is 4.99 Å². The van der Waals surface area contributed by atoms with Crippen LogP contribution >= 0.6 is 0 Å². The summed E-state index contributed by atoms with van der Waals surface area (Å²) in [5, 5.41) is 0.